The number of aryl methyl sites for hydroxylation is 2. The van der Waals surface area contributed by atoms with Gasteiger partial charge in [0.1, 0.15) is 0 Å². The van der Waals surface area contributed by atoms with Gasteiger partial charge in [0.25, 0.3) is 5.69 Å². The molecule has 0 amide bonds. The Labute approximate surface area is 143 Å². The van der Waals surface area contributed by atoms with Crippen molar-refractivity contribution in [2.24, 2.45) is 5.73 Å². The van der Waals surface area contributed by atoms with E-state index >= 15 is 0 Å². The fraction of sp³-hybridized carbons (Fsp3) is 0.571. The van der Waals surface area contributed by atoms with Crippen LogP contribution in [-0.4, -0.2) is 25.4 Å². The molecule has 23 heavy (non-hydrogen) atoms. The average molecular weight is 366 g/mol. The number of hydrogen-bond acceptors (Lipinski definition) is 5. The van der Waals surface area contributed by atoms with Gasteiger partial charge in [0.15, 0.2) is 4.90 Å². The van der Waals surface area contributed by atoms with Crippen LogP contribution in [0.15, 0.2) is 17.0 Å². The summed E-state index contributed by atoms with van der Waals surface area (Å²) in [5, 5.41) is 11.3. The summed E-state index contributed by atoms with van der Waals surface area (Å²) in [6, 6.07) is 3.11. The minimum atomic E-state index is -4.05. The number of sulfonamides is 1. The summed E-state index contributed by atoms with van der Waals surface area (Å²) in [7, 11) is -4.05. The largest absolute Gasteiger partial charge is 0.329 e. The first kappa shape index (κ1) is 21.8. The Hall–Kier alpha value is -1.22. The molecule has 1 rings (SSSR count). The molecule has 0 aliphatic carbocycles. The van der Waals surface area contributed by atoms with E-state index in [-0.39, 0.29) is 29.5 Å². The SMILES string of the molecule is CCC(CC)(CN)NS(=O)(=O)c1c(C)ccc(C)c1[N+](=O)[O-].Cl. The first-order chi connectivity index (χ1) is 10.1. The Morgan fingerprint density at radius 2 is 1.70 bits per heavy atom. The standard InChI is InChI=1S/C14H23N3O4S.ClH/c1-5-14(6-2,9-15)16-22(20,21)13-11(4)8-7-10(3)12(13)17(18)19;/h7-8,16H,5-6,9,15H2,1-4H3;1H. The van der Waals surface area contributed by atoms with Gasteiger partial charge < -0.3 is 5.73 Å². The molecule has 1 aromatic carbocycles. The van der Waals surface area contributed by atoms with Crippen LogP contribution in [0.1, 0.15) is 37.8 Å². The van der Waals surface area contributed by atoms with E-state index in [9.17, 15) is 18.5 Å². The molecule has 0 aliphatic rings. The van der Waals surface area contributed by atoms with Crippen molar-refractivity contribution >= 4 is 28.1 Å². The Morgan fingerprint density at radius 1 is 1.22 bits per heavy atom. The molecule has 0 unspecified atom stereocenters. The molecular weight excluding hydrogens is 342 g/mol. The highest BCUT2D eigenvalue weighted by Gasteiger charge is 2.36. The van der Waals surface area contributed by atoms with E-state index in [1.54, 1.807) is 19.1 Å². The van der Waals surface area contributed by atoms with Gasteiger partial charge in [-0.2, -0.15) is 0 Å². The van der Waals surface area contributed by atoms with E-state index in [2.05, 4.69) is 4.72 Å². The van der Waals surface area contributed by atoms with Crippen LogP contribution in [0.3, 0.4) is 0 Å². The third kappa shape index (κ3) is 4.41. The highest BCUT2D eigenvalue weighted by Crippen LogP contribution is 2.31. The lowest BCUT2D eigenvalue weighted by molar-refractivity contribution is -0.388. The summed E-state index contributed by atoms with van der Waals surface area (Å²) >= 11 is 0. The quantitative estimate of drug-likeness (QED) is 0.568. The third-order valence-electron chi connectivity index (χ3n) is 4.08. The van der Waals surface area contributed by atoms with E-state index in [0.29, 0.717) is 24.0 Å². The van der Waals surface area contributed by atoms with Crippen molar-refractivity contribution in [1.29, 1.82) is 0 Å². The first-order valence-electron chi connectivity index (χ1n) is 7.12. The molecule has 0 saturated carbocycles. The molecule has 9 heteroatoms. The number of nitro groups is 1. The van der Waals surface area contributed by atoms with Crippen molar-refractivity contribution in [1.82, 2.24) is 4.72 Å². The smallest absolute Gasteiger partial charge is 0.292 e. The number of rotatable bonds is 7. The van der Waals surface area contributed by atoms with Gasteiger partial charge >= 0.3 is 0 Å². The summed E-state index contributed by atoms with van der Waals surface area (Å²) in [6.45, 7) is 6.85. The summed E-state index contributed by atoms with van der Waals surface area (Å²) in [5.41, 5.74) is 5.18. The number of benzene rings is 1. The molecule has 3 N–H and O–H groups in total. The van der Waals surface area contributed by atoms with Crippen LogP contribution in [0.25, 0.3) is 0 Å². The molecule has 0 fully saturated rings. The van der Waals surface area contributed by atoms with E-state index in [4.69, 9.17) is 5.73 Å². The zero-order valence-corrected chi connectivity index (χ0v) is 15.4. The van der Waals surface area contributed by atoms with Gasteiger partial charge in [-0.3, -0.25) is 10.1 Å². The minimum absolute atomic E-state index is 0. The first-order valence-corrected chi connectivity index (χ1v) is 8.61. The highest BCUT2D eigenvalue weighted by atomic mass is 35.5. The number of nitro benzene ring substituents is 1. The Bertz CT molecular complexity index is 665. The summed E-state index contributed by atoms with van der Waals surface area (Å²) in [6.07, 6.45) is 0.996. The maximum Gasteiger partial charge on any atom is 0.292 e. The molecule has 0 aromatic heterocycles. The van der Waals surface area contributed by atoms with E-state index in [1.165, 1.54) is 6.92 Å². The van der Waals surface area contributed by atoms with Gasteiger partial charge in [-0.1, -0.05) is 26.0 Å². The number of nitrogens with zero attached hydrogens (tertiary/aromatic N) is 1. The van der Waals surface area contributed by atoms with Crippen molar-refractivity contribution in [3.8, 4) is 0 Å². The lowest BCUT2D eigenvalue weighted by Crippen LogP contribution is -2.52. The van der Waals surface area contributed by atoms with Gasteiger partial charge in [-0.05, 0) is 32.3 Å². The van der Waals surface area contributed by atoms with Crippen LogP contribution < -0.4 is 10.5 Å². The molecule has 0 aliphatic heterocycles. The van der Waals surface area contributed by atoms with Gasteiger partial charge in [-0.25, -0.2) is 13.1 Å². The topological polar surface area (TPSA) is 115 Å². The van der Waals surface area contributed by atoms with Gasteiger partial charge in [0, 0.05) is 17.6 Å². The monoisotopic (exact) mass is 365 g/mol. The van der Waals surface area contributed by atoms with Crippen molar-refractivity contribution in [2.45, 2.75) is 51.0 Å². The van der Waals surface area contributed by atoms with Crippen LogP contribution in [0.2, 0.25) is 0 Å². The Balaban J connectivity index is 0.00000484. The van der Waals surface area contributed by atoms with Crippen molar-refractivity contribution in [3.05, 3.63) is 33.4 Å². The zero-order chi connectivity index (χ0) is 17.1. The van der Waals surface area contributed by atoms with Gasteiger partial charge in [0.05, 0.1) is 4.92 Å². The fourth-order valence-electron chi connectivity index (χ4n) is 2.40. The van der Waals surface area contributed by atoms with E-state index < -0.39 is 20.5 Å². The molecule has 7 nitrogen and oxygen atoms in total. The normalized spacial score (nSPS) is 11.9. The molecule has 0 spiro atoms. The van der Waals surface area contributed by atoms with Crippen LogP contribution in [0.4, 0.5) is 5.69 Å². The van der Waals surface area contributed by atoms with E-state index in [0.717, 1.165) is 0 Å². The highest BCUT2D eigenvalue weighted by molar-refractivity contribution is 7.89. The zero-order valence-electron chi connectivity index (χ0n) is 13.8. The summed E-state index contributed by atoms with van der Waals surface area (Å²) in [5.74, 6) is 0. The predicted octanol–water partition coefficient (Wildman–Crippen LogP) is 2.43. The van der Waals surface area contributed by atoms with Crippen LogP contribution in [0.5, 0.6) is 0 Å². The van der Waals surface area contributed by atoms with Crippen molar-refractivity contribution < 1.29 is 13.3 Å². The summed E-state index contributed by atoms with van der Waals surface area (Å²) < 4.78 is 28.1. The van der Waals surface area contributed by atoms with Crippen LogP contribution in [0, 0.1) is 24.0 Å². The van der Waals surface area contributed by atoms with Crippen LogP contribution >= 0.6 is 12.4 Å². The van der Waals surface area contributed by atoms with Crippen LogP contribution in [-0.2, 0) is 10.0 Å². The number of hydrogen-bond donors (Lipinski definition) is 2. The molecular formula is C14H24ClN3O4S. The number of halogens is 1. The van der Waals surface area contributed by atoms with Crippen molar-refractivity contribution in [2.75, 3.05) is 6.54 Å². The number of nitrogens with one attached hydrogen (secondary N) is 1. The molecule has 0 heterocycles. The molecule has 132 valence electrons. The van der Waals surface area contributed by atoms with Crippen molar-refractivity contribution in [3.63, 3.8) is 0 Å². The predicted molar refractivity (Wildman–Crippen MR) is 92.5 cm³/mol. The van der Waals surface area contributed by atoms with Gasteiger partial charge in [-0.15, -0.1) is 12.4 Å². The second kappa shape index (κ2) is 8.05. The lowest BCUT2D eigenvalue weighted by atomic mass is 9.95. The molecule has 1 aromatic rings. The Kier molecular flexibility index (Phi) is 7.62. The van der Waals surface area contributed by atoms with Gasteiger partial charge in [0.2, 0.25) is 10.0 Å². The molecule has 0 bridgehead atoms. The lowest BCUT2D eigenvalue weighted by Gasteiger charge is -2.31. The number of nitrogens with two attached hydrogens (primary N) is 1. The molecule has 0 saturated heterocycles. The second-order valence-corrected chi connectivity index (χ2v) is 7.05. The van der Waals surface area contributed by atoms with E-state index in [1.807, 2.05) is 13.8 Å². The minimum Gasteiger partial charge on any atom is -0.329 e. The average Bonchev–Trinajstić information content (AvgIpc) is 2.46. The maximum atomic E-state index is 12.8. The molecule has 0 radical (unpaired) electrons. The summed E-state index contributed by atoms with van der Waals surface area (Å²) in [4.78, 5) is 10.4. The fourth-order valence-corrected chi connectivity index (χ4v) is 4.42. The molecule has 0 atom stereocenters. The Morgan fingerprint density at radius 3 is 2.09 bits per heavy atom. The second-order valence-electron chi connectivity index (χ2n) is 5.43. The maximum absolute atomic E-state index is 12.8. The third-order valence-corrected chi connectivity index (χ3v) is 5.83.